The van der Waals surface area contributed by atoms with Crippen LogP contribution < -0.4 is 9.80 Å². The predicted octanol–water partition coefficient (Wildman–Crippen LogP) is 3.58. The number of hydrogen-bond donors (Lipinski definition) is 0. The van der Waals surface area contributed by atoms with Crippen molar-refractivity contribution in [1.29, 1.82) is 0 Å². The average Bonchev–Trinajstić information content (AvgIpc) is 2.65. The van der Waals surface area contributed by atoms with Gasteiger partial charge >= 0.3 is 0 Å². The van der Waals surface area contributed by atoms with Gasteiger partial charge in [0, 0.05) is 24.8 Å². The average molecular weight is 336 g/mol. The van der Waals surface area contributed by atoms with E-state index in [4.69, 9.17) is 0 Å². The van der Waals surface area contributed by atoms with Crippen molar-refractivity contribution >= 4 is 23.2 Å². The molecule has 0 unspecified atom stereocenters. The van der Waals surface area contributed by atoms with Crippen LogP contribution in [0.25, 0.3) is 0 Å². The van der Waals surface area contributed by atoms with Gasteiger partial charge in [0.2, 0.25) is 11.8 Å². The highest BCUT2D eigenvalue weighted by Crippen LogP contribution is 2.27. The highest BCUT2D eigenvalue weighted by molar-refractivity contribution is 6.03. The Bertz CT molecular complexity index is 768. The number of anilines is 2. The van der Waals surface area contributed by atoms with E-state index in [-0.39, 0.29) is 18.4 Å². The predicted molar refractivity (Wildman–Crippen MR) is 101 cm³/mol. The number of carbonyl (C=O) groups excluding carboxylic acids is 2. The van der Waals surface area contributed by atoms with Crippen molar-refractivity contribution in [2.45, 2.75) is 33.1 Å². The third-order valence-corrected chi connectivity index (χ3v) is 4.74. The lowest BCUT2D eigenvalue weighted by Crippen LogP contribution is -2.44. The molecule has 3 rings (SSSR count). The molecule has 2 aromatic rings. The van der Waals surface area contributed by atoms with E-state index in [0.717, 1.165) is 30.6 Å². The second kappa shape index (κ2) is 7.51. The first-order valence-electron chi connectivity index (χ1n) is 8.85. The Kier molecular flexibility index (Phi) is 5.17. The Balaban J connectivity index is 1.81. The van der Waals surface area contributed by atoms with Crippen molar-refractivity contribution in [3.05, 3.63) is 59.7 Å². The van der Waals surface area contributed by atoms with Crippen LogP contribution in [0.15, 0.2) is 48.5 Å². The van der Waals surface area contributed by atoms with Crippen LogP contribution in [-0.4, -0.2) is 24.9 Å². The summed E-state index contributed by atoms with van der Waals surface area (Å²) in [4.78, 5) is 28.4. The summed E-state index contributed by atoms with van der Waals surface area (Å²) in [6.45, 7) is 4.37. The van der Waals surface area contributed by atoms with Crippen LogP contribution in [0.4, 0.5) is 11.4 Å². The molecule has 0 saturated heterocycles. The minimum Gasteiger partial charge on any atom is -0.311 e. The van der Waals surface area contributed by atoms with Crippen molar-refractivity contribution in [3.8, 4) is 0 Å². The molecule has 0 fully saturated rings. The maximum absolute atomic E-state index is 12.9. The van der Waals surface area contributed by atoms with Gasteiger partial charge in [0.15, 0.2) is 0 Å². The molecule has 1 heterocycles. The summed E-state index contributed by atoms with van der Waals surface area (Å²) in [5.74, 6) is -0.162. The second-order valence-corrected chi connectivity index (χ2v) is 6.40. The summed E-state index contributed by atoms with van der Waals surface area (Å²) in [6, 6.07) is 15.9. The van der Waals surface area contributed by atoms with Gasteiger partial charge in [-0.25, -0.2) is 0 Å². The summed E-state index contributed by atoms with van der Waals surface area (Å²) in [6.07, 6.45) is 2.90. The molecule has 2 amide bonds. The largest absolute Gasteiger partial charge is 0.311 e. The molecule has 25 heavy (non-hydrogen) atoms. The lowest BCUT2D eigenvalue weighted by atomic mass is 10.0. The topological polar surface area (TPSA) is 40.6 Å². The van der Waals surface area contributed by atoms with Crippen molar-refractivity contribution in [2.75, 3.05) is 22.9 Å². The Morgan fingerprint density at radius 2 is 1.80 bits per heavy atom. The lowest BCUT2D eigenvalue weighted by molar-refractivity contribution is -0.121. The zero-order valence-corrected chi connectivity index (χ0v) is 14.9. The molecule has 0 atom stereocenters. The fraction of sp³-hybridized carbons (Fsp3) is 0.333. The molecule has 4 nitrogen and oxygen atoms in total. The van der Waals surface area contributed by atoms with E-state index >= 15 is 0 Å². The summed E-state index contributed by atoms with van der Waals surface area (Å²) in [5.41, 5.74) is 4.15. The van der Waals surface area contributed by atoms with Gasteiger partial charge in [0.05, 0.1) is 0 Å². The number of amides is 2. The van der Waals surface area contributed by atoms with E-state index in [9.17, 15) is 9.59 Å². The van der Waals surface area contributed by atoms with Crippen molar-refractivity contribution in [1.82, 2.24) is 0 Å². The van der Waals surface area contributed by atoms with Crippen LogP contribution in [0.1, 0.15) is 31.4 Å². The molecule has 4 heteroatoms. The first kappa shape index (κ1) is 17.2. The molecule has 0 aromatic heterocycles. The molecule has 0 aliphatic carbocycles. The summed E-state index contributed by atoms with van der Waals surface area (Å²) < 4.78 is 0. The summed E-state index contributed by atoms with van der Waals surface area (Å²) in [5, 5.41) is 0. The molecule has 2 aromatic carbocycles. The maximum atomic E-state index is 12.9. The van der Waals surface area contributed by atoms with Crippen molar-refractivity contribution < 1.29 is 9.59 Å². The van der Waals surface area contributed by atoms with Gasteiger partial charge < -0.3 is 9.80 Å². The molecular weight excluding hydrogens is 312 g/mol. The smallest absolute Gasteiger partial charge is 0.247 e. The zero-order valence-electron chi connectivity index (χ0n) is 14.9. The van der Waals surface area contributed by atoms with Gasteiger partial charge in [-0.3, -0.25) is 9.59 Å². The molecule has 1 aliphatic rings. The lowest BCUT2D eigenvalue weighted by Gasteiger charge is -2.31. The number of rotatable bonds is 4. The Labute approximate surface area is 149 Å². The molecule has 0 bridgehead atoms. The molecule has 0 spiro atoms. The van der Waals surface area contributed by atoms with Crippen molar-refractivity contribution in [3.63, 3.8) is 0 Å². The Hall–Kier alpha value is -2.62. The first-order chi connectivity index (χ1) is 12.1. The van der Waals surface area contributed by atoms with E-state index in [1.165, 1.54) is 18.1 Å². The quantitative estimate of drug-likeness (QED) is 0.856. The Morgan fingerprint density at radius 1 is 1.08 bits per heavy atom. The number of hydrogen-bond acceptors (Lipinski definition) is 2. The standard InChI is InChI=1S/C21H24N2O2/c1-3-17-10-12-19(13-11-17)23(16(2)24)15-21(25)22-14-6-8-18-7-4-5-9-20(18)22/h4-5,7,9-13H,3,6,8,14-15H2,1-2H3. The SMILES string of the molecule is CCc1ccc(N(CC(=O)N2CCCc3ccccc32)C(C)=O)cc1. The van der Waals surface area contributed by atoms with Gasteiger partial charge in [-0.15, -0.1) is 0 Å². The van der Waals surface area contributed by atoms with Gasteiger partial charge in [0.1, 0.15) is 6.54 Å². The van der Waals surface area contributed by atoms with Crippen LogP contribution in [0.5, 0.6) is 0 Å². The van der Waals surface area contributed by atoms with E-state index in [0.29, 0.717) is 6.54 Å². The van der Waals surface area contributed by atoms with E-state index in [2.05, 4.69) is 13.0 Å². The molecule has 1 aliphatic heterocycles. The van der Waals surface area contributed by atoms with Gasteiger partial charge in [-0.05, 0) is 48.6 Å². The van der Waals surface area contributed by atoms with Crippen LogP contribution in [0.3, 0.4) is 0 Å². The van der Waals surface area contributed by atoms with E-state index in [1.54, 1.807) is 4.90 Å². The minimum atomic E-state index is -0.122. The van der Waals surface area contributed by atoms with Gasteiger partial charge in [-0.2, -0.15) is 0 Å². The molecule has 0 saturated carbocycles. The fourth-order valence-corrected chi connectivity index (χ4v) is 3.31. The molecule has 0 N–H and O–H groups in total. The molecule has 0 radical (unpaired) electrons. The maximum Gasteiger partial charge on any atom is 0.247 e. The number of benzene rings is 2. The van der Waals surface area contributed by atoms with Crippen molar-refractivity contribution in [2.24, 2.45) is 0 Å². The molecular formula is C21H24N2O2. The van der Waals surface area contributed by atoms with Crippen LogP contribution in [0.2, 0.25) is 0 Å². The number of fused-ring (bicyclic) bond motifs is 1. The second-order valence-electron chi connectivity index (χ2n) is 6.40. The highest BCUT2D eigenvalue weighted by atomic mass is 16.2. The minimum absolute atomic E-state index is 0.0399. The Morgan fingerprint density at radius 3 is 2.48 bits per heavy atom. The normalized spacial score (nSPS) is 13.3. The summed E-state index contributed by atoms with van der Waals surface area (Å²) >= 11 is 0. The third kappa shape index (κ3) is 3.73. The number of carbonyl (C=O) groups is 2. The van der Waals surface area contributed by atoms with E-state index in [1.807, 2.05) is 47.4 Å². The van der Waals surface area contributed by atoms with Crippen LogP contribution >= 0.6 is 0 Å². The van der Waals surface area contributed by atoms with Gasteiger partial charge in [-0.1, -0.05) is 37.3 Å². The summed E-state index contributed by atoms with van der Waals surface area (Å²) in [7, 11) is 0. The molecule has 130 valence electrons. The number of aryl methyl sites for hydroxylation is 2. The first-order valence-corrected chi connectivity index (χ1v) is 8.85. The number of nitrogens with zero attached hydrogens (tertiary/aromatic N) is 2. The zero-order chi connectivity index (χ0) is 17.8. The number of para-hydroxylation sites is 1. The monoisotopic (exact) mass is 336 g/mol. The van der Waals surface area contributed by atoms with Gasteiger partial charge in [0.25, 0.3) is 0 Å². The fourth-order valence-electron chi connectivity index (χ4n) is 3.31. The highest BCUT2D eigenvalue weighted by Gasteiger charge is 2.25. The van der Waals surface area contributed by atoms with E-state index < -0.39 is 0 Å². The van der Waals surface area contributed by atoms with Crippen LogP contribution in [-0.2, 0) is 22.4 Å². The third-order valence-electron chi connectivity index (χ3n) is 4.74. The van der Waals surface area contributed by atoms with Crippen LogP contribution in [0, 0.1) is 0 Å².